The molecular formula is C16H27NO2S. The maximum absolute atomic E-state index is 9.65. The maximum Gasteiger partial charge on any atom is 0.132 e. The molecule has 20 heavy (non-hydrogen) atoms. The van der Waals surface area contributed by atoms with Gasteiger partial charge in [-0.15, -0.1) is 11.8 Å². The number of aliphatic hydroxyl groups is 1. The maximum atomic E-state index is 9.65. The molecule has 1 rings (SSSR count). The fraction of sp³-hybridized carbons (Fsp3) is 0.625. The van der Waals surface area contributed by atoms with Gasteiger partial charge in [0.2, 0.25) is 0 Å². The summed E-state index contributed by atoms with van der Waals surface area (Å²) in [6.07, 6.45) is 0.893. The van der Waals surface area contributed by atoms with Crippen LogP contribution in [0.5, 0.6) is 5.75 Å². The van der Waals surface area contributed by atoms with E-state index in [4.69, 9.17) is 4.74 Å². The Morgan fingerprint density at radius 3 is 2.50 bits per heavy atom. The lowest BCUT2D eigenvalue weighted by Crippen LogP contribution is -2.50. The lowest BCUT2D eigenvalue weighted by Gasteiger charge is -2.33. The Bertz CT molecular complexity index is 411. The smallest absolute Gasteiger partial charge is 0.132 e. The molecule has 0 aliphatic rings. The van der Waals surface area contributed by atoms with E-state index in [2.05, 4.69) is 39.1 Å². The molecular weight excluding hydrogens is 270 g/mol. The highest BCUT2D eigenvalue weighted by molar-refractivity contribution is 8.00. The number of aliphatic hydroxyl groups excluding tert-OH is 1. The second-order valence-corrected chi connectivity index (χ2v) is 7.28. The number of ether oxygens (including phenoxy) is 1. The van der Waals surface area contributed by atoms with Crippen LogP contribution in [0.25, 0.3) is 0 Å². The van der Waals surface area contributed by atoms with Gasteiger partial charge in [-0.3, -0.25) is 0 Å². The fourth-order valence-electron chi connectivity index (χ4n) is 2.48. The standard InChI is InChI=1S/C16H27NO2S/c1-12(2)17-16(4,11-18)10-13(3)20-15-9-7-6-8-14(15)19-5/h6-9,12-13,17-18H,10-11H2,1-5H3. The molecule has 0 heterocycles. The molecule has 114 valence electrons. The molecule has 0 spiro atoms. The van der Waals surface area contributed by atoms with E-state index in [0.29, 0.717) is 11.3 Å². The summed E-state index contributed by atoms with van der Waals surface area (Å²) in [5, 5.41) is 13.5. The van der Waals surface area contributed by atoms with Crippen molar-refractivity contribution < 1.29 is 9.84 Å². The molecule has 3 nitrogen and oxygen atoms in total. The van der Waals surface area contributed by atoms with Crippen LogP contribution >= 0.6 is 11.8 Å². The van der Waals surface area contributed by atoms with Gasteiger partial charge in [0.05, 0.1) is 13.7 Å². The van der Waals surface area contributed by atoms with E-state index in [-0.39, 0.29) is 12.1 Å². The van der Waals surface area contributed by atoms with E-state index in [0.717, 1.165) is 17.1 Å². The number of benzene rings is 1. The first-order valence-electron chi connectivity index (χ1n) is 7.08. The Balaban J connectivity index is 2.68. The predicted molar refractivity (Wildman–Crippen MR) is 86.7 cm³/mol. The molecule has 1 aromatic carbocycles. The van der Waals surface area contributed by atoms with Crippen LogP contribution in [0.4, 0.5) is 0 Å². The summed E-state index contributed by atoms with van der Waals surface area (Å²) in [5.41, 5.74) is -0.247. The zero-order valence-corrected chi connectivity index (χ0v) is 14.0. The average molecular weight is 297 g/mol. The monoisotopic (exact) mass is 297 g/mol. The first-order chi connectivity index (χ1) is 9.40. The van der Waals surface area contributed by atoms with Crippen molar-refractivity contribution in [2.24, 2.45) is 0 Å². The summed E-state index contributed by atoms with van der Waals surface area (Å²) in [7, 11) is 1.70. The Kier molecular flexibility index (Phi) is 6.86. The van der Waals surface area contributed by atoms with Gasteiger partial charge in [0.1, 0.15) is 5.75 Å². The minimum absolute atomic E-state index is 0.141. The summed E-state index contributed by atoms with van der Waals surface area (Å²) < 4.78 is 5.38. The number of hydrogen-bond acceptors (Lipinski definition) is 4. The molecule has 0 saturated carbocycles. The number of rotatable bonds is 8. The summed E-state index contributed by atoms with van der Waals surface area (Å²) in [6, 6.07) is 8.41. The Hall–Kier alpha value is -0.710. The van der Waals surface area contributed by atoms with E-state index in [1.165, 1.54) is 0 Å². The zero-order chi connectivity index (χ0) is 15.2. The van der Waals surface area contributed by atoms with Gasteiger partial charge in [0.15, 0.2) is 0 Å². The van der Waals surface area contributed by atoms with Gasteiger partial charge in [-0.05, 0) is 25.5 Å². The van der Waals surface area contributed by atoms with Crippen molar-refractivity contribution in [2.45, 2.75) is 55.8 Å². The lowest BCUT2D eigenvalue weighted by atomic mass is 9.96. The van der Waals surface area contributed by atoms with Crippen LogP contribution in [-0.2, 0) is 0 Å². The second kappa shape index (κ2) is 7.91. The molecule has 2 atom stereocenters. The van der Waals surface area contributed by atoms with Crippen LogP contribution in [-0.4, -0.2) is 35.7 Å². The molecule has 2 N–H and O–H groups in total. The average Bonchev–Trinajstić information content (AvgIpc) is 2.38. The van der Waals surface area contributed by atoms with Gasteiger partial charge in [0, 0.05) is 21.7 Å². The molecule has 0 saturated heterocycles. The number of para-hydroxylation sites is 1. The topological polar surface area (TPSA) is 41.5 Å². The molecule has 0 aliphatic carbocycles. The summed E-state index contributed by atoms with van der Waals surface area (Å²) in [6.45, 7) is 8.61. The molecule has 4 heteroatoms. The highest BCUT2D eigenvalue weighted by Gasteiger charge is 2.27. The normalized spacial score (nSPS) is 15.9. The van der Waals surface area contributed by atoms with Gasteiger partial charge in [-0.25, -0.2) is 0 Å². The highest BCUT2D eigenvalue weighted by atomic mass is 32.2. The van der Waals surface area contributed by atoms with Crippen molar-refractivity contribution in [1.29, 1.82) is 0 Å². The van der Waals surface area contributed by atoms with Crippen LogP contribution in [0.2, 0.25) is 0 Å². The molecule has 1 aromatic rings. The van der Waals surface area contributed by atoms with Gasteiger partial charge in [-0.1, -0.05) is 32.9 Å². The molecule has 0 fully saturated rings. The van der Waals surface area contributed by atoms with Crippen LogP contribution in [0, 0.1) is 0 Å². The minimum Gasteiger partial charge on any atom is -0.496 e. The van der Waals surface area contributed by atoms with Crippen LogP contribution in [0.15, 0.2) is 29.2 Å². The van der Waals surface area contributed by atoms with Crippen molar-refractivity contribution in [3.63, 3.8) is 0 Å². The van der Waals surface area contributed by atoms with E-state index in [1.54, 1.807) is 18.9 Å². The third kappa shape index (κ3) is 5.35. The first-order valence-corrected chi connectivity index (χ1v) is 7.96. The first kappa shape index (κ1) is 17.3. The zero-order valence-electron chi connectivity index (χ0n) is 13.1. The molecule has 0 radical (unpaired) electrons. The predicted octanol–water partition coefficient (Wildman–Crippen LogP) is 3.31. The SMILES string of the molecule is COc1ccccc1SC(C)CC(C)(CO)NC(C)C. The van der Waals surface area contributed by atoms with Crippen LogP contribution in [0.1, 0.15) is 34.1 Å². The van der Waals surface area contributed by atoms with Crippen molar-refractivity contribution in [3.8, 4) is 5.75 Å². The van der Waals surface area contributed by atoms with Gasteiger partial charge in [0.25, 0.3) is 0 Å². The Morgan fingerprint density at radius 1 is 1.30 bits per heavy atom. The van der Waals surface area contributed by atoms with Gasteiger partial charge in [-0.2, -0.15) is 0 Å². The summed E-state index contributed by atoms with van der Waals surface area (Å²) in [4.78, 5) is 1.15. The lowest BCUT2D eigenvalue weighted by molar-refractivity contribution is 0.157. The molecule has 2 unspecified atom stereocenters. The Morgan fingerprint density at radius 2 is 1.95 bits per heavy atom. The quantitative estimate of drug-likeness (QED) is 0.722. The Labute approximate surface area is 127 Å². The third-order valence-corrected chi connectivity index (χ3v) is 4.28. The van der Waals surface area contributed by atoms with Crippen molar-refractivity contribution in [2.75, 3.05) is 13.7 Å². The number of thioether (sulfide) groups is 1. The van der Waals surface area contributed by atoms with Gasteiger partial charge < -0.3 is 15.2 Å². The largest absolute Gasteiger partial charge is 0.496 e. The van der Waals surface area contributed by atoms with E-state index < -0.39 is 0 Å². The van der Waals surface area contributed by atoms with Gasteiger partial charge >= 0.3 is 0 Å². The van der Waals surface area contributed by atoms with E-state index >= 15 is 0 Å². The summed E-state index contributed by atoms with van der Waals surface area (Å²) in [5.74, 6) is 0.909. The number of methoxy groups -OCH3 is 1. The molecule has 0 amide bonds. The molecule has 0 aromatic heterocycles. The van der Waals surface area contributed by atoms with Crippen LogP contribution in [0.3, 0.4) is 0 Å². The summed E-state index contributed by atoms with van der Waals surface area (Å²) >= 11 is 1.79. The number of nitrogens with one attached hydrogen (secondary N) is 1. The van der Waals surface area contributed by atoms with E-state index in [1.807, 2.05) is 18.2 Å². The van der Waals surface area contributed by atoms with Crippen molar-refractivity contribution in [1.82, 2.24) is 5.32 Å². The highest BCUT2D eigenvalue weighted by Crippen LogP contribution is 2.34. The fourth-order valence-corrected chi connectivity index (χ4v) is 3.78. The van der Waals surface area contributed by atoms with E-state index in [9.17, 15) is 5.11 Å². The third-order valence-electron chi connectivity index (χ3n) is 3.12. The minimum atomic E-state index is -0.247. The number of hydrogen-bond donors (Lipinski definition) is 2. The second-order valence-electron chi connectivity index (χ2n) is 5.80. The molecule has 0 aliphatic heterocycles. The van der Waals surface area contributed by atoms with Crippen molar-refractivity contribution in [3.05, 3.63) is 24.3 Å². The molecule has 0 bridgehead atoms. The van der Waals surface area contributed by atoms with Crippen LogP contribution < -0.4 is 10.1 Å². The van der Waals surface area contributed by atoms with Crippen molar-refractivity contribution >= 4 is 11.8 Å².